The van der Waals surface area contributed by atoms with Gasteiger partial charge in [-0.15, -0.1) is 0 Å². The van der Waals surface area contributed by atoms with Crippen LogP contribution >= 0.6 is 0 Å². The number of aryl methyl sites for hydroxylation is 1. The van der Waals surface area contributed by atoms with E-state index in [-0.39, 0.29) is 11.3 Å². The first-order valence-electron chi connectivity index (χ1n) is 7.99. The fourth-order valence-electron chi connectivity index (χ4n) is 2.48. The van der Waals surface area contributed by atoms with Gasteiger partial charge in [-0.2, -0.15) is 5.10 Å². The van der Waals surface area contributed by atoms with Gasteiger partial charge in [0.15, 0.2) is 5.69 Å². The van der Waals surface area contributed by atoms with E-state index in [2.05, 4.69) is 5.10 Å². The van der Waals surface area contributed by atoms with Gasteiger partial charge in [-0.05, 0) is 47.5 Å². The summed E-state index contributed by atoms with van der Waals surface area (Å²) in [5.41, 5.74) is -0.144. The molecule has 0 saturated carbocycles. The fourth-order valence-corrected chi connectivity index (χ4v) is 2.48. The summed E-state index contributed by atoms with van der Waals surface area (Å²) in [5, 5.41) is 5.96. The summed E-state index contributed by atoms with van der Waals surface area (Å²) in [6, 6.07) is 13.7. The highest BCUT2D eigenvalue weighted by Gasteiger charge is 2.12. The van der Waals surface area contributed by atoms with E-state index in [1.54, 1.807) is 19.2 Å². The number of benzene rings is 2. The zero-order valence-electron chi connectivity index (χ0n) is 14.1. The van der Waals surface area contributed by atoms with Gasteiger partial charge in [-0.1, -0.05) is 19.1 Å². The van der Waals surface area contributed by atoms with Gasteiger partial charge in [0.2, 0.25) is 0 Å². The van der Waals surface area contributed by atoms with E-state index in [1.807, 2.05) is 31.2 Å². The number of ether oxygens (including phenoxy) is 2. The lowest BCUT2D eigenvalue weighted by Crippen LogP contribution is -2.25. The predicted octanol–water partition coefficient (Wildman–Crippen LogP) is 3.03. The minimum Gasteiger partial charge on any atom is -0.497 e. The number of hydrogen-bond acceptors (Lipinski definition) is 5. The number of esters is 1. The molecule has 1 heterocycles. The van der Waals surface area contributed by atoms with Gasteiger partial charge >= 0.3 is 5.97 Å². The monoisotopic (exact) mass is 338 g/mol. The van der Waals surface area contributed by atoms with Crippen LogP contribution in [0.3, 0.4) is 0 Å². The Morgan fingerprint density at radius 1 is 1.04 bits per heavy atom. The average molecular weight is 338 g/mol. The maximum absolute atomic E-state index is 12.3. The normalized spacial score (nSPS) is 10.6. The SMILES string of the molecule is CCCn1nc(C(=O)Oc2ccc3ccc(OC)cc3c2)ccc1=O. The zero-order chi connectivity index (χ0) is 17.8. The van der Waals surface area contributed by atoms with Crippen LogP contribution in [0.2, 0.25) is 0 Å². The van der Waals surface area contributed by atoms with Crippen LogP contribution in [0, 0.1) is 0 Å². The molecule has 6 nitrogen and oxygen atoms in total. The molecule has 6 heteroatoms. The smallest absolute Gasteiger partial charge is 0.364 e. The summed E-state index contributed by atoms with van der Waals surface area (Å²) < 4.78 is 11.9. The Kier molecular flexibility index (Phi) is 4.79. The van der Waals surface area contributed by atoms with E-state index in [9.17, 15) is 9.59 Å². The molecule has 0 aliphatic rings. The lowest BCUT2D eigenvalue weighted by molar-refractivity contribution is 0.0725. The third-order valence-corrected chi connectivity index (χ3v) is 3.74. The van der Waals surface area contributed by atoms with Gasteiger partial charge in [0.1, 0.15) is 11.5 Å². The van der Waals surface area contributed by atoms with Crippen LogP contribution in [0.1, 0.15) is 23.8 Å². The minimum atomic E-state index is -0.605. The molecule has 3 rings (SSSR count). The lowest BCUT2D eigenvalue weighted by atomic mass is 10.1. The Bertz CT molecular complexity index is 979. The van der Waals surface area contributed by atoms with Crippen molar-refractivity contribution in [1.82, 2.24) is 9.78 Å². The Morgan fingerprint density at radius 2 is 1.76 bits per heavy atom. The van der Waals surface area contributed by atoms with Gasteiger partial charge in [0.25, 0.3) is 5.56 Å². The van der Waals surface area contributed by atoms with Gasteiger partial charge in [0, 0.05) is 12.6 Å². The van der Waals surface area contributed by atoms with Crippen LogP contribution in [0.4, 0.5) is 0 Å². The molecule has 0 amide bonds. The third-order valence-electron chi connectivity index (χ3n) is 3.74. The second-order valence-corrected chi connectivity index (χ2v) is 5.54. The van der Waals surface area contributed by atoms with Crippen molar-refractivity contribution in [2.24, 2.45) is 0 Å². The number of methoxy groups -OCH3 is 1. The standard InChI is InChI=1S/C19H18N2O4/c1-3-10-21-18(22)9-8-17(20-21)19(23)25-16-7-5-13-4-6-15(24-2)11-14(13)12-16/h4-9,11-12H,3,10H2,1-2H3. The molecular formula is C19H18N2O4. The fraction of sp³-hybridized carbons (Fsp3) is 0.211. The van der Waals surface area contributed by atoms with Crippen molar-refractivity contribution in [3.63, 3.8) is 0 Å². The highest BCUT2D eigenvalue weighted by molar-refractivity contribution is 5.90. The third kappa shape index (κ3) is 3.68. The molecular weight excluding hydrogens is 320 g/mol. The molecule has 128 valence electrons. The molecule has 25 heavy (non-hydrogen) atoms. The van der Waals surface area contributed by atoms with Gasteiger partial charge < -0.3 is 9.47 Å². The molecule has 0 atom stereocenters. The second-order valence-electron chi connectivity index (χ2n) is 5.54. The summed E-state index contributed by atoms with van der Waals surface area (Å²) in [6.45, 7) is 2.39. The Balaban J connectivity index is 1.86. The summed E-state index contributed by atoms with van der Waals surface area (Å²) in [5.74, 6) is 0.525. The number of nitrogens with zero attached hydrogens (tertiary/aromatic N) is 2. The first-order chi connectivity index (χ1) is 12.1. The van der Waals surface area contributed by atoms with Gasteiger partial charge in [0.05, 0.1) is 7.11 Å². The van der Waals surface area contributed by atoms with Gasteiger partial charge in [-0.3, -0.25) is 4.79 Å². The van der Waals surface area contributed by atoms with Crippen LogP contribution in [0.5, 0.6) is 11.5 Å². The van der Waals surface area contributed by atoms with Crippen LogP contribution < -0.4 is 15.0 Å². The first kappa shape index (κ1) is 16.7. The van der Waals surface area contributed by atoms with E-state index in [0.29, 0.717) is 12.3 Å². The minimum absolute atomic E-state index is 0.0961. The maximum atomic E-state index is 12.3. The Morgan fingerprint density at radius 3 is 2.48 bits per heavy atom. The van der Waals surface area contributed by atoms with E-state index >= 15 is 0 Å². The number of fused-ring (bicyclic) bond motifs is 1. The molecule has 0 fully saturated rings. The maximum Gasteiger partial charge on any atom is 0.364 e. The zero-order valence-corrected chi connectivity index (χ0v) is 14.1. The molecule has 1 aromatic heterocycles. The molecule has 0 aliphatic heterocycles. The van der Waals surface area contributed by atoms with Crippen LogP contribution in [-0.2, 0) is 6.54 Å². The summed E-state index contributed by atoms with van der Waals surface area (Å²) >= 11 is 0. The van der Waals surface area contributed by atoms with Gasteiger partial charge in [-0.25, -0.2) is 9.48 Å². The summed E-state index contributed by atoms with van der Waals surface area (Å²) in [4.78, 5) is 24.0. The van der Waals surface area contributed by atoms with E-state index in [4.69, 9.17) is 9.47 Å². The topological polar surface area (TPSA) is 70.4 Å². The quantitative estimate of drug-likeness (QED) is 0.528. The average Bonchev–Trinajstić information content (AvgIpc) is 2.63. The molecule has 0 saturated heterocycles. The molecule has 2 aromatic carbocycles. The molecule has 0 aliphatic carbocycles. The number of carbonyl (C=O) groups excluding carboxylic acids is 1. The van der Waals surface area contributed by atoms with Crippen LogP contribution in [-0.4, -0.2) is 22.9 Å². The highest BCUT2D eigenvalue weighted by Crippen LogP contribution is 2.25. The number of aromatic nitrogens is 2. The van der Waals surface area contributed by atoms with Crippen LogP contribution in [0.25, 0.3) is 10.8 Å². The Hall–Kier alpha value is -3.15. The molecule has 3 aromatic rings. The number of hydrogen-bond donors (Lipinski definition) is 0. The molecule has 0 radical (unpaired) electrons. The van der Waals surface area contributed by atoms with E-state index in [1.165, 1.54) is 16.8 Å². The second kappa shape index (κ2) is 7.17. The number of carbonyl (C=O) groups is 1. The molecule has 0 N–H and O–H groups in total. The lowest BCUT2D eigenvalue weighted by Gasteiger charge is -2.08. The largest absolute Gasteiger partial charge is 0.497 e. The predicted molar refractivity (Wildman–Crippen MR) is 94.2 cm³/mol. The first-order valence-corrected chi connectivity index (χ1v) is 7.99. The van der Waals surface area contributed by atoms with Crippen molar-refractivity contribution in [2.45, 2.75) is 19.9 Å². The summed E-state index contributed by atoms with van der Waals surface area (Å²) in [6.07, 6.45) is 0.748. The van der Waals surface area contributed by atoms with Crippen molar-refractivity contribution in [3.05, 3.63) is 64.6 Å². The van der Waals surface area contributed by atoms with Crippen molar-refractivity contribution in [2.75, 3.05) is 7.11 Å². The number of rotatable bonds is 5. The van der Waals surface area contributed by atoms with E-state index < -0.39 is 5.97 Å². The Labute approximate surface area is 144 Å². The molecule has 0 bridgehead atoms. The van der Waals surface area contributed by atoms with Crippen LogP contribution in [0.15, 0.2) is 53.3 Å². The molecule has 0 spiro atoms. The van der Waals surface area contributed by atoms with Crippen molar-refractivity contribution in [1.29, 1.82) is 0 Å². The van der Waals surface area contributed by atoms with Crippen molar-refractivity contribution >= 4 is 16.7 Å². The summed E-state index contributed by atoms with van der Waals surface area (Å²) in [7, 11) is 1.60. The van der Waals surface area contributed by atoms with E-state index in [0.717, 1.165) is 22.9 Å². The molecule has 0 unspecified atom stereocenters. The highest BCUT2D eigenvalue weighted by atomic mass is 16.5. The van der Waals surface area contributed by atoms with Crippen molar-refractivity contribution in [3.8, 4) is 11.5 Å². The van der Waals surface area contributed by atoms with Crippen molar-refractivity contribution < 1.29 is 14.3 Å².